The average Bonchev–Trinajstić information content (AvgIpc) is 3.53. The normalized spacial score (nSPS) is 18.9. The number of phenolic OH excluding ortho intramolecular Hbond substituents is 1. The second kappa shape index (κ2) is 7.84. The van der Waals surface area contributed by atoms with Crippen molar-refractivity contribution in [3.05, 3.63) is 77.7 Å². The topological polar surface area (TPSA) is 134 Å². The van der Waals surface area contributed by atoms with Gasteiger partial charge in [0, 0.05) is 23.1 Å². The zero-order valence-electron chi connectivity index (χ0n) is 19.1. The molecular formula is C26H20N4O6. The lowest BCUT2D eigenvalue weighted by atomic mass is 9.95. The number of hydrogen-bond donors (Lipinski definition) is 3. The van der Waals surface area contributed by atoms with Crippen molar-refractivity contribution in [1.82, 2.24) is 20.5 Å². The van der Waals surface area contributed by atoms with Crippen molar-refractivity contribution in [1.29, 1.82) is 0 Å². The summed E-state index contributed by atoms with van der Waals surface area (Å²) in [4.78, 5) is 44.5. The molecule has 0 aliphatic carbocycles. The van der Waals surface area contributed by atoms with Crippen molar-refractivity contribution in [3.63, 3.8) is 0 Å². The molecule has 1 atom stereocenters. The molecule has 180 valence electrons. The van der Waals surface area contributed by atoms with Crippen molar-refractivity contribution in [2.45, 2.75) is 12.1 Å². The molecule has 10 heteroatoms. The number of ether oxygens (including phenoxy) is 1. The molecule has 6 rings (SSSR count). The molecule has 2 aromatic carbocycles. The molecule has 0 unspecified atom stereocenters. The number of pyridine rings is 1. The number of furan rings is 1. The Morgan fingerprint density at radius 1 is 1.11 bits per heavy atom. The van der Waals surface area contributed by atoms with Gasteiger partial charge in [0.1, 0.15) is 17.3 Å². The van der Waals surface area contributed by atoms with Crippen LogP contribution in [0.25, 0.3) is 22.2 Å². The second-order valence-corrected chi connectivity index (χ2v) is 8.76. The van der Waals surface area contributed by atoms with Gasteiger partial charge in [-0.15, -0.1) is 0 Å². The van der Waals surface area contributed by atoms with E-state index in [9.17, 15) is 19.5 Å². The lowest BCUT2D eigenvalue weighted by Gasteiger charge is -2.29. The van der Waals surface area contributed by atoms with Gasteiger partial charge in [-0.05, 0) is 54.1 Å². The molecule has 4 heterocycles. The highest BCUT2D eigenvalue weighted by molar-refractivity contribution is 6.08. The molecule has 1 fully saturated rings. The first kappa shape index (κ1) is 21.7. The van der Waals surface area contributed by atoms with Crippen LogP contribution >= 0.6 is 0 Å². The van der Waals surface area contributed by atoms with E-state index in [0.717, 1.165) is 11.1 Å². The maximum Gasteiger partial charge on any atom is 0.322 e. The van der Waals surface area contributed by atoms with Gasteiger partial charge in [-0.3, -0.25) is 19.9 Å². The minimum Gasteiger partial charge on any atom is -0.508 e. The molecule has 1 saturated heterocycles. The van der Waals surface area contributed by atoms with Crippen LogP contribution in [0.4, 0.5) is 4.79 Å². The fourth-order valence-electron chi connectivity index (χ4n) is 4.68. The molecule has 2 aliphatic rings. The van der Waals surface area contributed by atoms with E-state index in [-0.39, 0.29) is 30.5 Å². The van der Waals surface area contributed by atoms with Gasteiger partial charge in [0.05, 0.1) is 25.5 Å². The summed E-state index contributed by atoms with van der Waals surface area (Å²) in [6, 6.07) is 14.6. The number of carbonyl (C=O) groups is 3. The number of amides is 4. The van der Waals surface area contributed by atoms with Crippen LogP contribution in [-0.4, -0.2) is 46.5 Å². The number of carbonyl (C=O) groups excluding carboxylic acids is 3. The van der Waals surface area contributed by atoms with E-state index in [0.29, 0.717) is 28.0 Å². The van der Waals surface area contributed by atoms with E-state index in [1.54, 1.807) is 48.5 Å². The van der Waals surface area contributed by atoms with Crippen LogP contribution in [0.2, 0.25) is 0 Å². The number of benzene rings is 2. The number of phenols is 1. The number of aromatic hydroxyl groups is 1. The molecule has 0 radical (unpaired) electrons. The Bertz CT molecular complexity index is 1560. The number of imide groups is 1. The quantitative estimate of drug-likeness (QED) is 0.371. The summed E-state index contributed by atoms with van der Waals surface area (Å²) >= 11 is 0. The fraction of sp³-hybridized carbons (Fsp3) is 0.154. The number of hydrogen-bond acceptors (Lipinski definition) is 7. The van der Waals surface area contributed by atoms with Crippen LogP contribution in [0.15, 0.2) is 65.2 Å². The summed E-state index contributed by atoms with van der Waals surface area (Å²) in [6.45, 7) is 0.147. The molecule has 0 saturated carbocycles. The number of urea groups is 1. The fourth-order valence-corrected chi connectivity index (χ4v) is 4.68. The number of nitrogens with one attached hydrogen (secondary N) is 2. The minimum absolute atomic E-state index is 0.127. The number of methoxy groups -OCH3 is 1. The van der Waals surface area contributed by atoms with Gasteiger partial charge in [-0.2, -0.15) is 0 Å². The Morgan fingerprint density at radius 3 is 2.64 bits per heavy atom. The summed E-state index contributed by atoms with van der Waals surface area (Å²) in [5.41, 5.74) is 1.52. The SMILES string of the molecule is COc1ccc2c(c1)C(=O)N(C[C@@]1(c3cc4cc(-c5ccc(O)cc5)ncc4o3)NC(=O)NC1=O)C2. The van der Waals surface area contributed by atoms with Gasteiger partial charge < -0.3 is 24.5 Å². The van der Waals surface area contributed by atoms with Crippen LogP contribution in [-0.2, 0) is 16.9 Å². The largest absolute Gasteiger partial charge is 0.508 e. The first-order chi connectivity index (χ1) is 17.4. The highest BCUT2D eigenvalue weighted by Crippen LogP contribution is 2.35. The minimum atomic E-state index is -1.61. The van der Waals surface area contributed by atoms with E-state index in [1.807, 2.05) is 6.07 Å². The van der Waals surface area contributed by atoms with E-state index in [1.165, 1.54) is 18.2 Å². The van der Waals surface area contributed by atoms with Crippen molar-refractivity contribution in [2.75, 3.05) is 13.7 Å². The van der Waals surface area contributed by atoms with Crippen LogP contribution in [0.3, 0.4) is 0 Å². The summed E-state index contributed by atoms with van der Waals surface area (Å²) in [7, 11) is 1.52. The molecule has 4 amide bonds. The standard InChI is InChI=1S/C26H20N4O6/c1-35-18-7-4-15-12-30(23(32)19(15)10-18)13-26(24(33)28-25(34)29-26)22-9-16-8-20(27-11-21(16)36-22)14-2-5-17(31)6-3-14/h2-11,31H,12-13H2,1H3,(H2,28,29,33,34)/t26-/m0/s1. The Kier molecular flexibility index (Phi) is 4.72. The Labute approximate surface area is 204 Å². The van der Waals surface area contributed by atoms with Gasteiger partial charge >= 0.3 is 6.03 Å². The van der Waals surface area contributed by atoms with E-state index < -0.39 is 17.5 Å². The average molecular weight is 484 g/mol. The Morgan fingerprint density at radius 2 is 1.92 bits per heavy atom. The maximum absolute atomic E-state index is 13.2. The van der Waals surface area contributed by atoms with E-state index in [4.69, 9.17) is 9.15 Å². The van der Waals surface area contributed by atoms with Crippen LogP contribution in [0.5, 0.6) is 11.5 Å². The second-order valence-electron chi connectivity index (χ2n) is 8.76. The third-order valence-corrected chi connectivity index (χ3v) is 6.55. The zero-order valence-corrected chi connectivity index (χ0v) is 19.1. The Hall–Kier alpha value is -4.86. The molecule has 2 aromatic heterocycles. The molecule has 36 heavy (non-hydrogen) atoms. The predicted octanol–water partition coefficient (Wildman–Crippen LogP) is 2.90. The lowest BCUT2D eigenvalue weighted by molar-refractivity contribution is -0.125. The van der Waals surface area contributed by atoms with Gasteiger partial charge in [0.2, 0.25) is 0 Å². The van der Waals surface area contributed by atoms with Crippen LogP contribution < -0.4 is 15.4 Å². The highest BCUT2D eigenvalue weighted by atomic mass is 16.5. The van der Waals surface area contributed by atoms with Gasteiger partial charge in [-0.1, -0.05) is 6.07 Å². The molecule has 0 spiro atoms. The van der Waals surface area contributed by atoms with Crippen molar-refractivity contribution < 1.29 is 28.6 Å². The summed E-state index contributed by atoms with van der Waals surface area (Å²) in [6.07, 6.45) is 1.53. The maximum atomic E-state index is 13.2. The van der Waals surface area contributed by atoms with E-state index >= 15 is 0 Å². The number of nitrogens with zero attached hydrogens (tertiary/aromatic N) is 2. The first-order valence-electron chi connectivity index (χ1n) is 11.2. The van der Waals surface area contributed by atoms with Crippen molar-refractivity contribution >= 4 is 28.8 Å². The lowest BCUT2D eigenvalue weighted by Crippen LogP contribution is -2.52. The predicted molar refractivity (Wildman–Crippen MR) is 127 cm³/mol. The first-order valence-corrected chi connectivity index (χ1v) is 11.2. The monoisotopic (exact) mass is 484 g/mol. The number of fused-ring (bicyclic) bond motifs is 2. The van der Waals surface area contributed by atoms with Crippen molar-refractivity contribution in [2.24, 2.45) is 0 Å². The van der Waals surface area contributed by atoms with Crippen LogP contribution in [0.1, 0.15) is 21.7 Å². The van der Waals surface area contributed by atoms with E-state index in [2.05, 4.69) is 15.6 Å². The molecule has 3 N–H and O–H groups in total. The van der Waals surface area contributed by atoms with Crippen LogP contribution in [0, 0.1) is 0 Å². The summed E-state index contributed by atoms with van der Waals surface area (Å²) < 4.78 is 11.2. The third-order valence-electron chi connectivity index (χ3n) is 6.55. The van der Waals surface area contributed by atoms with Crippen molar-refractivity contribution in [3.8, 4) is 22.8 Å². The molecule has 4 aromatic rings. The molecule has 2 aliphatic heterocycles. The van der Waals surface area contributed by atoms with Gasteiger partial charge in [0.15, 0.2) is 11.1 Å². The van der Waals surface area contributed by atoms with Gasteiger partial charge in [-0.25, -0.2) is 4.79 Å². The summed E-state index contributed by atoms with van der Waals surface area (Å²) in [5, 5.41) is 15.2. The van der Waals surface area contributed by atoms with Gasteiger partial charge in [0.25, 0.3) is 11.8 Å². The number of rotatable bonds is 5. The molecule has 0 bridgehead atoms. The highest BCUT2D eigenvalue weighted by Gasteiger charge is 2.53. The summed E-state index contributed by atoms with van der Waals surface area (Å²) in [5.74, 6) is 0.00303. The molecular weight excluding hydrogens is 464 g/mol. The third kappa shape index (κ3) is 3.34. The number of aromatic nitrogens is 1. The Balaban J connectivity index is 1.38. The zero-order chi connectivity index (χ0) is 25.0. The molecule has 10 nitrogen and oxygen atoms in total. The smallest absolute Gasteiger partial charge is 0.322 e.